The van der Waals surface area contributed by atoms with Crippen LogP contribution in [0, 0.1) is 0 Å². The number of methoxy groups -OCH3 is 1. The van der Waals surface area contributed by atoms with Gasteiger partial charge in [-0.25, -0.2) is 0 Å². The zero-order valence-corrected chi connectivity index (χ0v) is 11.6. The van der Waals surface area contributed by atoms with Crippen LogP contribution in [0.25, 0.3) is 0 Å². The summed E-state index contributed by atoms with van der Waals surface area (Å²) >= 11 is 0. The summed E-state index contributed by atoms with van der Waals surface area (Å²) in [6.45, 7) is 0.828. The summed E-state index contributed by atoms with van der Waals surface area (Å²) in [4.78, 5) is 24.1. The van der Waals surface area contributed by atoms with Gasteiger partial charge in [0.25, 0.3) is 11.8 Å². The van der Waals surface area contributed by atoms with Crippen molar-refractivity contribution in [3.05, 3.63) is 54.0 Å². The monoisotopic (exact) mass is 288 g/mol. The number of carbonyl (C=O) groups is 2. The second-order valence-corrected chi connectivity index (χ2v) is 4.26. The number of hydrogen-bond acceptors (Lipinski definition) is 4. The van der Waals surface area contributed by atoms with E-state index < -0.39 is 0 Å². The molecule has 0 bridgehead atoms. The molecule has 6 nitrogen and oxygen atoms in total. The maximum atomic E-state index is 12.1. The molecule has 0 aliphatic carbocycles. The van der Waals surface area contributed by atoms with Gasteiger partial charge in [-0.3, -0.25) is 9.59 Å². The number of nitrogens with one attached hydrogen (secondary N) is 2. The van der Waals surface area contributed by atoms with Gasteiger partial charge in [-0.05, 0) is 18.2 Å². The van der Waals surface area contributed by atoms with Gasteiger partial charge in [-0.2, -0.15) is 0 Å². The molecule has 0 aliphatic heterocycles. The van der Waals surface area contributed by atoms with Crippen LogP contribution in [-0.4, -0.2) is 32.1 Å². The van der Waals surface area contributed by atoms with Gasteiger partial charge < -0.3 is 19.8 Å². The number of hydrogen-bond donors (Lipinski definition) is 2. The number of amides is 2. The normalized spacial score (nSPS) is 10.1. The van der Waals surface area contributed by atoms with Crippen molar-refractivity contribution in [2.24, 2.45) is 0 Å². The third-order valence-electron chi connectivity index (χ3n) is 2.79. The first kappa shape index (κ1) is 14.8. The Bertz CT molecular complexity index is 608. The standard InChI is InChI=1S/C15H16N2O4/c1-20-9-7-16-15(19)12-4-2-3-5-13(12)17-14(18)11-6-8-21-10-11/h2-6,8,10H,7,9H2,1H3,(H,16,19)(H,17,18). The van der Waals surface area contributed by atoms with Gasteiger partial charge >= 0.3 is 0 Å². The fourth-order valence-corrected chi connectivity index (χ4v) is 1.74. The van der Waals surface area contributed by atoms with Crippen LogP contribution >= 0.6 is 0 Å². The Hall–Kier alpha value is -2.60. The summed E-state index contributed by atoms with van der Waals surface area (Å²) in [7, 11) is 1.56. The van der Waals surface area contributed by atoms with Crippen molar-refractivity contribution < 1.29 is 18.7 Å². The molecule has 0 atom stereocenters. The molecule has 1 aromatic heterocycles. The van der Waals surface area contributed by atoms with Crippen LogP contribution in [-0.2, 0) is 4.74 Å². The minimum Gasteiger partial charge on any atom is -0.472 e. The van der Waals surface area contributed by atoms with Crippen LogP contribution in [0.5, 0.6) is 0 Å². The Kier molecular flexibility index (Phi) is 5.11. The van der Waals surface area contributed by atoms with Gasteiger partial charge in [0.1, 0.15) is 6.26 Å². The van der Waals surface area contributed by atoms with E-state index >= 15 is 0 Å². The van der Waals surface area contributed by atoms with Crippen LogP contribution in [0.4, 0.5) is 5.69 Å². The number of anilines is 1. The van der Waals surface area contributed by atoms with E-state index in [1.54, 1.807) is 37.4 Å². The molecule has 0 radical (unpaired) electrons. The van der Waals surface area contributed by atoms with Crippen molar-refractivity contribution in [2.75, 3.05) is 25.6 Å². The molecule has 0 saturated heterocycles. The predicted molar refractivity (Wildman–Crippen MR) is 77.3 cm³/mol. The van der Waals surface area contributed by atoms with E-state index in [-0.39, 0.29) is 11.8 Å². The fraction of sp³-hybridized carbons (Fsp3) is 0.200. The molecule has 1 heterocycles. The van der Waals surface area contributed by atoms with Gasteiger partial charge in [0, 0.05) is 13.7 Å². The van der Waals surface area contributed by atoms with E-state index in [4.69, 9.17) is 9.15 Å². The van der Waals surface area contributed by atoms with Crippen molar-refractivity contribution in [2.45, 2.75) is 0 Å². The summed E-state index contributed by atoms with van der Waals surface area (Å²) in [6, 6.07) is 8.35. The molecule has 0 spiro atoms. The molecule has 0 unspecified atom stereocenters. The number of carbonyl (C=O) groups excluding carboxylic acids is 2. The lowest BCUT2D eigenvalue weighted by atomic mass is 10.1. The second-order valence-electron chi connectivity index (χ2n) is 4.26. The number of benzene rings is 1. The third kappa shape index (κ3) is 3.93. The Balaban J connectivity index is 2.09. The summed E-state index contributed by atoms with van der Waals surface area (Å²) in [5.74, 6) is -0.601. The third-order valence-corrected chi connectivity index (χ3v) is 2.79. The van der Waals surface area contributed by atoms with Crippen molar-refractivity contribution in [3.63, 3.8) is 0 Å². The second kappa shape index (κ2) is 7.25. The summed E-state index contributed by atoms with van der Waals surface area (Å²) in [5.41, 5.74) is 1.23. The van der Waals surface area contributed by atoms with Crippen molar-refractivity contribution in [1.29, 1.82) is 0 Å². The van der Waals surface area contributed by atoms with E-state index in [2.05, 4.69) is 10.6 Å². The highest BCUT2D eigenvalue weighted by Crippen LogP contribution is 2.16. The van der Waals surface area contributed by atoms with Gasteiger partial charge in [0.2, 0.25) is 0 Å². The SMILES string of the molecule is COCCNC(=O)c1ccccc1NC(=O)c1ccoc1. The van der Waals surface area contributed by atoms with Crippen LogP contribution in [0.1, 0.15) is 20.7 Å². The molecule has 0 saturated carbocycles. The molecule has 0 fully saturated rings. The molecule has 110 valence electrons. The lowest BCUT2D eigenvalue weighted by molar-refractivity contribution is 0.0938. The minimum atomic E-state index is -0.333. The average Bonchev–Trinajstić information content (AvgIpc) is 3.02. The van der Waals surface area contributed by atoms with Crippen LogP contribution < -0.4 is 10.6 Å². The molecule has 2 N–H and O–H groups in total. The lowest BCUT2D eigenvalue weighted by Crippen LogP contribution is -2.28. The van der Waals surface area contributed by atoms with Crippen molar-refractivity contribution in [3.8, 4) is 0 Å². The molecule has 2 rings (SSSR count). The Morgan fingerprint density at radius 3 is 2.71 bits per heavy atom. The van der Waals surface area contributed by atoms with E-state index in [1.165, 1.54) is 12.5 Å². The van der Waals surface area contributed by atoms with E-state index in [1.807, 2.05) is 0 Å². The average molecular weight is 288 g/mol. The van der Waals surface area contributed by atoms with E-state index in [9.17, 15) is 9.59 Å². The van der Waals surface area contributed by atoms with Crippen molar-refractivity contribution >= 4 is 17.5 Å². The number of rotatable bonds is 6. The van der Waals surface area contributed by atoms with Gasteiger partial charge in [-0.1, -0.05) is 12.1 Å². The van der Waals surface area contributed by atoms with Crippen LogP contribution in [0.3, 0.4) is 0 Å². The zero-order chi connectivity index (χ0) is 15.1. The number of furan rings is 1. The zero-order valence-electron chi connectivity index (χ0n) is 11.6. The highest BCUT2D eigenvalue weighted by molar-refractivity contribution is 6.08. The Morgan fingerprint density at radius 2 is 2.00 bits per heavy atom. The van der Waals surface area contributed by atoms with E-state index in [0.29, 0.717) is 30.0 Å². The first-order chi connectivity index (χ1) is 10.2. The number of ether oxygens (including phenoxy) is 1. The van der Waals surface area contributed by atoms with Crippen molar-refractivity contribution in [1.82, 2.24) is 5.32 Å². The molecule has 2 amide bonds. The molecule has 0 aliphatic rings. The molecule has 1 aromatic carbocycles. The highest BCUT2D eigenvalue weighted by atomic mass is 16.5. The van der Waals surface area contributed by atoms with Gasteiger partial charge in [0.15, 0.2) is 0 Å². The summed E-state index contributed by atoms with van der Waals surface area (Å²) in [6.07, 6.45) is 2.76. The highest BCUT2D eigenvalue weighted by Gasteiger charge is 2.14. The maximum absolute atomic E-state index is 12.1. The van der Waals surface area contributed by atoms with Gasteiger partial charge in [0.05, 0.1) is 29.7 Å². The van der Waals surface area contributed by atoms with Crippen LogP contribution in [0.15, 0.2) is 47.3 Å². The lowest BCUT2D eigenvalue weighted by Gasteiger charge is -2.10. The fourth-order valence-electron chi connectivity index (χ4n) is 1.74. The molecular formula is C15H16N2O4. The summed E-state index contributed by atoms with van der Waals surface area (Å²) in [5, 5.41) is 5.41. The number of para-hydroxylation sites is 1. The quantitative estimate of drug-likeness (QED) is 0.796. The smallest absolute Gasteiger partial charge is 0.258 e. The first-order valence-electron chi connectivity index (χ1n) is 6.42. The molecule has 6 heteroatoms. The minimum absolute atomic E-state index is 0.268. The molecule has 21 heavy (non-hydrogen) atoms. The van der Waals surface area contributed by atoms with Crippen LogP contribution in [0.2, 0.25) is 0 Å². The topological polar surface area (TPSA) is 80.6 Å². The first-order valence-corrected chi connectivity index (χ1v) is 6.42. The molecular weight excluding hydrogens is 272 g/mol. The summed E-state index contributed by atoms with van der Waals surface area (Å²) < 4.78 is 9.74. The Morgan fingerprint density at radius 1 is 1.19 bits per heavy atom. The largest absolute Gasteiger partial charge is 0.472 e. The van der Waals surface area contributed by atoms with Gasteiger partial charge in [-0.15, -0.1) is 0 Å². The maximum Gasteiger partial charge on any atom is 0.258 e. The molecule has 2 aromatic rings. The Labute approximate surface area is 122 Å². The predicted octanol–water partition coefficient (Wildman–Crippen LogP) is 1.91. The van der Waals surface area contributed by atoms with E-state index in [0.717, 1.165) is 0 Å².